The van der Waals surface area contributed by atoms with E-state index < -0.39 is 0 Å². The van der Waals surface area contributed by atoms with Gasteiger partial charge in [-0.15, -0.1) is 0 Å². The van der Waals surface area contributed by atoms with Crippen molar-refractivity contribution in [2.75, 3.05) is 12.8 Å². The smallest absolute Gasteiger partial charge is 0.232 e. The van der Waals surface area contributed by atoms with Crippen LogP contribution in [0.4, 0.5) is 0 Å². The van der Waals surface area contributed by atoms with E-state index in [0.29, 0.717) is 11.8 Å². The summed E-state index contributed by atoms with van der Waals surface area (Å²) in [6.07, 6.45) is 5.53. The maximum absolute atomic E-state index is 12.2. The molecule has 122 valence electrons. The van der Waals surface area contributed by atoms with Gasteiger partial charge in [-0.3, -0.25) is 4.79 Å². The van der Waals surface area contributed by atoms with Crippen LogP contribution in [0.1, 0.15) is 12.8 Å². The van der Waals surface area contributed by atoms with Crippen molar-refractivity contribution in [3.05, 3.63) is 42.9 Å². The Kier molecular flexibility index (Phi) is 3.93. The van der Waals surface area contributed by atoms with E-state index in [0.717, 1.165) is 34.6 Å². The second-order valence-electron chi connectivity index (χ2n) is 5.83. The van der Waals surface area contributed by atoms with Crippen LogP contribution in [0.5, 0.6) is 0 Å². The predicted octanol–water partition coefficient (Wildman–Crippen LogP) is 2.53. The second kappa shape index (κ2) is 6.24. The Morgan fingerprint density at radius 2 is 2.08 bits per heavy atom. The van der Waals surface area contributed by atoms with Crippen molar-refractivity contribution in [2.45, 2.75) is 23.9 Å². The number of carbonyl (C=O) groups excluding carboxylic acids is 1. The topological polar surface area (TPSA) is 63.9 Å². The van der Waals surface area contributed by atoms with E-state index in [2.05, 4.69) is 15.1 Å². The summed E-state index contributed by atoms with van der Waals surface area (Å²) in [7, 11) is 1.88. The van der Waals surface area contributed by atoms with Gasteiger partial charge in [-0.2, -0.15) is 5.10 Å². The second-order valence-corrected chi connectivity index (χ2v) is 6.80. The number of aromatic nitrogens is 4. The van der Waals surface area contributed by atoms with Gasteiger partial charge in [-0.25, -0.2) is 14.6 Å². The van der Waals surface area contributed by atoms with Gasteiger partial charge < -0.3 is 4.90 Å². The highest BCUT2D eigenvalue weighted by atomic mass is 32.2. The first-order valence-corrected chi connectivity index (χ1v) is 8.85. The molecule has 0 saturated heterocycles. The minimum Gasteiger partial charge on any atom is -0.342 e. The van der Waals surface area contributed by atoms with Crippen LogP contribution in [0, 0.1) is 0 Å². The third kappa shape index (κ3) is 2.87. The third-order valence-corrected chi connectivity index (χ3v) is 5.14. The molecule has 0 N–H and O–H groups in total. The molecule has 1 aliphatic carbocycles. The number of hydrogen-bond donors (Lipinski definition) is 0. The van der Waals surface area contributed by atoms with Crippen molar-refractivity contribution in [3.8, 4) is 5.69 Å². The molecule has 1 fully saturated rings. The molecule has 1 saturated carbocycles. The molecular weight excluding hydrogens is 322 g/mol. The lowest BCUT2D eigenvalue weighted by atomic mass is 10.3. The first kappa shape index (κ1) is 15.1. The van der Waals surface area contributed by atoms with Gasteiger partial charge in [0.25, 0.3) is 0 Å². The molecule has 0 unspecified atom stereocenters. The Hall–Kier alpha value is -2.41. The molecule has 0 aliphatic heterocycles. The summed E-state index contributed by atoms with van der Waals surface area (Å²) in [5.74, 6) is 0.528. The SMILES string of the molecule is CN(C(=O)CSc1ncnc2c1cnn2-c1ccccc1)C1CC1. The zero-order valence-corrected chi connectivity index (χ0v) is 14.1. The summed E-state index contributed by atoms with van der Waals surface area (Å²) in [4.78, 5) is 22.7. The van der Waals surface area contributed by atoms with Crippen LogP contribution >= 0.6 is 11.8 Å². The normalized spacial score (nSPS) is 14.0. The number of amides is 1. The first-order chi connectivity index (χ1) is 11.7. The van der Waals surface area contributed by atoms with Gasteiger partial charge in [0.2, 0.25) is 5.91 Å². The average molecular weight is 339 g/mol. The number of fused-ring (bicyclic) bond motifs is 1. The number of nitrogens with zero attached hydrogens (tertiary/aromatic N) is 5. The number of benzene rings is 1. The molecule has 2 aromatic heterocycles. The molecule has 4 rings (SSSR count). The minimum atomic E-state index is 0.143. The predicted molar refractivity (Wildman–Crippen MR) is 93.2 cm³/mol. The molecule has 6 nitrogen and oxygen atoms in total. The van der Waals surface area contributed by atoms with Crippen molar-refractivity contribution in [1.82, 2.24) is 24.6 Å². The van der Waals surface area contributed by atoms with Crippen LogP contribution in [0.15, 0.2) is 47.9 Å². The maximum Gasteiger partial charge on any atom is 0.232 e. The molecule has 0 spiro atoms. The highest BCUT2D eigenvalue weighted by molar-refractivity contribution is 8.00. The lowest BCUT2D eigenvalue weighted by Gasteiger charge is -2.15. The number of para-hydroxylation sites is 1. The van der Waals surface area contributed by atoms with Crippen LogP contribution in [0.2, 0.25) is 0 Å². The zero-order valence-electron chi connectivity index (χ0n) is 13.3. The third-order valence-electron chi connectivity index (χ3n) is 4.15. The van der Waals surface area contributed by atoms with E-state index in [-0.39, 0.29) is 5.91 Å². The van der Waals surface area contributed by atoms with Crippen LogP contribution in [0.25, 0.3) is 16.7 Å². The molecule has 0 bridgehead atoms. The first-order valence-electron chi connectivity index (χ1n) is 7.86. The minimum absolute atomic E-state index is 0.143. The quantitative estimate of drug-likeness (QED) is 0.528. The van der Waals surface area contributed by atoms with Crippen molar-refractivity contribution >= 4 is 28.7 Å². The fraction of sp³-hybridized carbons (Fsp3) is 0.294. The summed E-state index contributed by atoms with van der Waals surface area (Å²) in [5.41, 5.74) is 1.70. The van der Waals surface area contributed by atoms with Gasteiger partial charge in [-0.1, -0.05) is 30.0 Å². The maximum atomic E-state index is 12.2. The Bertz CT molecular complexity index is 875. The Labute approximate surface area is 143 Å². The Morgan fingerprint density at radius 3 is 2.83 bits per heavy atom. The van der Waals surface area contributed by atoms with Crippen LogP contribution < -0.4 is 0 Å². The lowest BCUT2D eigenvalue weighted by Crippen LogP contribution is -2.30. The number of rotatable bonds is 5. The van der Waals surface area contributed by atoms with E-state index in [1.807, 2.05) is 42.3 Å². The number of hydrogen-bond acceptors (Lipinski definition) is 5. The van der Waals surface area contributed by atoms with Crippen molar-refractivity contribution in [3.63, 3.8) is 0 Å². The van der Waals surface area contributed by atoms with Gasteiger partial charge in [0.1, 0.15) is 11.4 Å². The Morgan fingerprint density at radius 1 is 1.29 bits per heavy atom. The molecule has 1 aliphatic rings. The molecule has 24 heavy (non-hydrogen) atoms. The van der Waals surface area contributed by atoms with E-state index in [9.17, 15) is 4.79 Å². The summed E-state index contributed by atoms with van der Waals surface area (Å²) in [6, 6.07) is 10.3. The van der Waals surface area contributed by atoms with Crippen molar-refractivity contribution in [1.29, 1.82) is 0 Å². The molecule has 0 radical (unpaired) electrons. The highest BCUT2D eigenvalue weighted by Crippen LogP contribution is 2.28. The number of carbonyl (C=O) groups is 1. The fourth-order valence-electron chi connectivity index (χ4n) is 2.59. The standard InChI is InChI=1S/C17H17N5OS/c1-21(12-7-8-12)15(23)10-24-17-14-9-20-22(16(14)18-11-19-17)13-5-3-2-4-6-13/h2-6,9,11-12H,7-8,10H2,1H3. The van der Waals surface area contributed by atoms with Crippen molar-refractivity contribution in [2.24, 2.45) is 0 Å². The van der Waals surface area contributed by atoms with Crippen LogP contribution in [-0.2, 0) is 4.79 Å². The molecule has 7 heteroatoms. The van der Waals surface area contributed by atoms with Gasteiger partial charge in [0, 0.05) is 13.1 Å². The van der Waals surface area contributed by atoms with Gasteiger partial charge in [0.15, 0.2) is 5.65 Å². The van der Waals surface area contributed by atoms with Crippen LogP contribution in [0.3, 0.4) is 0 Å². The van der Waals surface area contributed by atoms with E-state index in [1.165, 1.54) is 18.1 Å². The molecule has 0 atom stereocenters. The number of thioether (sulfide) groups is 1. The zero-order chi connectivity index (χ0) is 16.5. The van der Waals surface area contributed by atoms with Gasteiger partial charge >= 0.3 is 0 Å². The highest BCUT2D eigenvalue weighted by Gasteiger charge is 2.29. The van der Waals surface area contributed by atoms with Crippen LogP contribution in [-0.4, -0.2) is 49.4 Å². The van der Waals surface area contributed by atoms with Gasteiger partial charge in [-0.05, 0) is 25.0 Å². The fourth-order valence-corrected chi connectivity index (χ4v) is 3.48. The molecule has 1 aromatic carbocycles. The summed E-state index contributed by atoms with van der Waals surface area (Å²) < 4.78 is 1.79. The molecular formula is C17H17N5OS. The molecule has 3 aromatic rings. The monoisotopic (exact) mass is 339 g/mol. The molecule has 1 amide bonds. The average Bonchev–Trinajstić information content (AvgIpc) is 3.38. The molecule has 2 heterocycles. The summed E-state index contributed by atoms with van der Waals surface area (Å²) in [6.45, 7) is 0. The Balaban J connectivity index is 1.58. The van der Waals surface area contributed by atoms with Gasteiger partial charge in [0.05, 0.1) is 23.0 Å². The summed E-state index contributed by atoms with van der Waals surface area (Å²) in [5, 5.41) is 6.09. The van der Waals surface area contributed by atoms with Crippen molar-refractivity contribution < 1.29 is 4.79 Å². The van der Waals surface area contributed by atoms with E-state index >= 15 is 0 Å². The van der Waals surface area contributed by atoms with E-state index in [1.54, 1.807) is 10.9 Å². The largest absolute Gasteiger partial charge is 0.342 e. The summed E-state index contributed by atoms with van der Waals surface area (Å²) >= 11 is 1.44. The lowest BCUT2D eigenvalue weighted by molar-refractivity contribution is -0.127. The van der Waals surface area contributed by atoms with E-state index in [4.69, 9.17) is 0 Å².